The van der Waals surface area contributed by atoms with Crippen LogP contribution >= 0.6 is 0 Å². The molecule has 0 fully saturated rings. The van der Waals surface area contributed by atoms with Gasteiger partial charge in [0.2, 0.25) is 0 Å². The smallest absolute Gasteiger partial charge is 0.395 e. The highest BCUT2D eigenvalue weighted by Crippen LogP contribution is 2.24. The molecule has 0 aromatic heterocycles. The van der Waals surface area contributed by atoms with Crippen molar-refractivity contribution in [2.24, 2.45) is 16.5 Å². The lowest BCUT2D eigenvalue weighted by Gasteiger charge is -2.12. The van der Waals surface area contributed by atoms with Gasteiger partial charge in [0, 0.05) is 11.9 Å². The molecule has 0 saturated heterocycles. The van der Waals surface area contributed by atoms with E-state index in [1.165, 1.54) is 19.2 Å². The molecule has 0 aliphatic rings. The van der Waals surface area contributed by atoms with E-state index in [2.05, 4.69) is 4.99 Å². The van der Waals surface area contributed by atoms with E-state index in [0.717, 1.165) is 0 Å². The van der Waals surface area contributed by atoms with Crippen molar-refractivity contribution in [1.29, 1.82) is 0 Å². The van der Waals surface area contributed by atoms with E-state index in [1.807, 2.05) is 0 Å². The van der Waals surface area contributed by atoms with Gasteiger partial charge in [-0.25, -0.2) is 4.21 Å². The van der Waals surface area contributed by atoms with Crippen LogP contribution in [-0.4, -0.2) is 22.5 Å². The molecule has 0 saturated carbocycles. The van der Waals surface area contributed by atoms with Crippen LogP contribution in [0.15, 0.2) is 51.6 Å². The fourth-order valence-electron chi connectivity index (χ4n) is 1.23. The number of nitrogens with two attached hydrogens (primary N) is 2. The Labute approximate surface area is 110 Å². The molecule has 1 aromatic rings. The Morgan fingerprint density at radius 1 is 1.21 bits per heavy atom. The summed E-state index contributed by atoms with van der Waals surface area (Å²) >= 11 is 0. The molecule has 4 N–H and O–H groups in total. The van der Waals surface area contributed by atoms with Gasteiger partial charge in [0.05, 0.1) is 5.70 Å². The molecule has 1 atom stereocenters. The van der Waals surface area contributed by atoms with E-state index in [-0.39, 0.29) is 0 Å². The van der Waals surface area contributed by atoms with Gasteiger partial charge < -0.3 is 11.5 Å². The van der Waals surface area contributed by atoms with Crippen LogP contribution in [0.3, 0.4) is 0 Å². The van der Waals surface area contributed by atoms with E-state index in [1.54, 1.807) is 18.2 Å². The fraction of sp³-hybridized carbons (Fsp3) is 0.182. The molecule has 19 heavy (non-hydrogen) atoms. The molecular formula is C11H12F3N3OS. The minimum absolute atomic E-state index is 0.293. The Kier molecular flexibility index (Phi) is 4.71. The van der Waals surface area contributed by atoms with E-state index < -0.39 is 33.4 Å². The van der Waals surface area contributed by atoms with Crippen LogP contribution in [0.2, 0.25) is 0 Å². The highest BCUT2D eigenvalue weighted by atomic mass is 32.2. The number of aliphatic imine (C=N–C) groups is 1. The lowest BCUT2D eigenvalue weighted by molar-refractivity contribution is -0.0932. The molecule has 0 aliphatic heterocycles. The van der Waals surface area contributed by atoms with Crippen LogP contribution < -0.4 is 11.5 Å². The molecule has 0 heterocycles. The summed E-state index contributed by atoms with van der Waals surface area (Å²) in [6.45, 7) is 0. The summed E-state index contributed by atoms with van der Waals surface area (Å²) in [5, 5.41) is -0.402. The number of nitrogens with zero attached hydrogens (tertiary/aromatic N) is 1. The Morgan fingerprint density at radius 2 is 1.74 bits per heavy atom. The van der Waals surface area contributed by atoms with Crippen molar-refractivity contribution in [3.63, 3.8) is 0 Å². The second kappa shape index (κ2) is 5.87. The summed E-state index contributed by atoms with van der Waals surface area (Å²) in [5.74, 6) is 0. The average Bonchev–Trinajstić information content (AvgIpc) is 2.38. The molecule has 0 spiro atoms. The molecule has 0 radical (unpaired) electrons. The van der Waals surface area contributed by atoms with E-state index in [9.17, 15) is 17.4 Å². The first-order valence-electron chi connectivity index (χ1n) is 5.05. The number of rotatable bonds is 2. The number of halogens is 3. The first-order chi connectivity index (χ1) is 8.79. The number of allylic oxidation sites excluding steroid dienone is 1. The predicted octanol–water partition coefficient (Wildman–Crippen LogP) is 1.51. The third-order valence-corrected chi connectivity index (χ3v) is 3.62. The summed E-state index contributed by atoms with van der Waals surface area (Å²) < 4.78 is 49.4. The molecule has 1 unspecified atom stereocenters. The molecule has 0 bridgehead atoms. The summed E-state index contributed by atoms with van der Waals surface area (Å²) in [7, 11) is -0.718. The molecule has 0 aliphatic carbocycles. The molecule has 4 nitrogen and oxygen atoms in total. The zero-order valence-corrected chi connectivity index (χ0v) is 10.8. The number of hydrogen-bond donors (Lipinski definition) is 2. The Morgan fingerprint density at radius 3 is 2.16 bits per heavy atom. The molecule has 0 amide bonds. The summed E-state index contributed by atoms with van der Waals surface area (Å²) in [4.78, 5) is 3.85. The van der Waals surface area contributed by atoms with Gasteiger partial charge in [-0.15, -0.1) is 0 Å². The van der Waals surface area contributed by atoms with Crippen molar-refractivity contribution >= 4 is 15.8 Å². The third kappa shape index (κ3) is 3.57. The summed E-state index contributed by atoms with van der Waals surface area (Å²) in [6.07, 6.45) is -4.79. The van der Waals surface area contributed by atoms with Crippen molar-refractivity contribution in [2.45, 2.75) is 11.1 Å². The van der Waals surface area contributed by atoms with Crippen molar-refractivity contribution in [3.05, 3.63) is 41.7 Å². The van der Waals surface area contributed by atoms with Crippen LogP contribution in [0, 0.1) is 0 Å². The average molecular weight is 291 g/mol. The number of benzene rings is 1. The third-order valence-electron chi connectivity index (χ3n) is 2.16. The molecule has 104 valence electrons. The van der Waals surface area contributed by atoms with Crippen LogP contribution in [0.1, 0.15) is 0 Å². The maximum Gasteiger partial charge on any atom is 0.432 e. The van der Waals surface area contributed by atoms with Crippen molar-refractivity contribution in [1.82, 2.24) is 0 Å². The Balaban J connectivity index is 3.21. The summed E-state index contributed by atoms with van der Waals surface area (Å²) in [5.41, 5.74) is 7.88. The van der Waals surface area contributed by atoms with E-state index >= 15 is 0 Å². The number of hydrogen-bond acceptors (Lipinski definition) is 4. The monoisotopic (exact) mass is 291 g/mol. The minimum Gasteiger partial charge on any atom is -0.395 e. The van der Waals surface area contributed by atoms with Gasteiger partial charge in [0.1, 0.15) is 16.5 Å². The maximum atomic E-state index is 12.4. The van der Waals surface area contributed by atoms with Crippen molar-refractivity contribution in [3.8, 4) is 0 Å². The molecule has 1 rings (SSSR count). The van der Waals surface area contributed by atoms with Crippen LogP contribution in [0.25, 0.3) is 0 Å². The highest BCUT2D eigenvalue weighted by Gasteiger charge is 2.35. The first-order valence-corrected chi connectivity index (χ1v) is 6.20. The molecule has 8 heteroatoms. The first kappa shape index (κ1) is 15.2. The quantitative estimate of drug-likeness (QED) is 0.640. The van der Waals surface area contributed by atoms with Crippen LogP contribution in [-0.2, 0) is 10.8 Å². The van der Waals surface area contributed by atoms with E-state index in [0.29, 0.717) is 4.90 Å². The largest absolute Gasteiger partial charge is 0.432 e. The molecular weight excluding hydrogens is 279 g/mol. The van der Waals surface area contributed by atoms with Gasteiger partial charge in [-0.1, -0.05) is 18.2 Å². The normalized spacial score (nSPS) is 15.9. The van der Waals surface area contributed by atoms with Gasteiger partial charge in [-0.3, -0.25) is 4.99 Å². The van der Waals surface area contributed by atoms with Crippen LogP contribution in [0.4, 0.5) is 13.2 Å². The second-order valence-electron chi connectivity index (χ2n) is 3.44. The SMILES string of the molecule is CN=C(C(N)=C(N)C(F)(F)F)S(=O)c1ccccc1. The topological polar surface area (TPSA) is 81.5 Å². The van der Waals surface area contributed by atoms with Crippen LogP contribution in [0.5, 0.6) is 0 Å². The zero-order valence-electron chi connectivity index (χ0n) is 9.94. The van der Waals surface area contributed by atoms with Crippen molar-refractivity contribution < 1.29 is 17.4 Å². The second-order valence-corrected chi connectivity index (χ2v) is 4.83. The standard InChI is InChI=1S/C11H12F3N3OS/c1-17-10(8(15)9(16)11(12,13)14)19(18)7-5-3-2-4-6-7/h2-6H,15-16H2,1H3. The van der Waals surface area contributed by atoms with Gasteiger partial charge in [0.25, 0.3) is 0 Å². The van der Waals surface area contributed by atoms with Gasteiger partial charge in [-0.2, -0.15) is 13.2 Å². The predicted molar refractivity (Wildman–Crippen MR) is 67.7 cm³/mol. The van der Waals surface area contributed by atoms with Gasteiger partial charge in [0.15, 0.2) is 5.04 Å². The lowest BCUT2D eigenvalue weighted by atomic mass is 10.3. The van der Waals surface area contributed by atoms with Crippen molar-refractivity contribution in [2.75, 3.05) is 7.05 Å². The minimum atomic E-state index is -4.79. The molecule has 1 aromatic carbocycles. The van der Waals surface area contributed by atoms with Gasteiger partial charge in [-0.05, 0) is 12.1 Å². The lowest BCUT2D eigenvalue weighted by Crippen LogP contribution is -2.30. The van der Waals surface area contributed by atoms with Gasteiger partial charge >= 0.3 is 6.18 Å². The number of alkyl halides is 3. The maximum absolute atomic E-state index is 12.4. The highest BCUT2D eigenvalue weighted by molar-refractivity contribution is 8.01. The van der Waals surface area contributed by atoms with E-state index in [4.69, 9.17) is 11.5 Å². The fourth-order valence-corrected chi connectivity index (χ4v) is 2.33. The summed E-state index contributed by atoms with van der Waals surface area (Å²) in [6, 6.07) is 7.89. The Hall–Kier alpha value is -1.83. The zero-order chi connectivity index (χ0) is 14.6. The Bertz CT molecular complexity index is 538.